The van der Waals surface area contributed by atoms with Crippen molar-refractivity contribution in [1.29, 1.82) is 0 Å². The first-order valence-electron chi connectivity index (χ1n) is 29.7. The van der Waals surface area contributed by atoms with E-state index in [-0.39, 0.29) is 57.8 Å². The molecular formula is C65H98N5O7PSi2. The first-order chi connectivity index (χ1) is 37.8. The van der Waals surface area contributed by atoms with Gasteiger partial charge in [0.1, 0.15) is 23.4 Å². The van der Waals surface area contributed by atoms with Crippen LogP contribution in [0.5, 0.6) is 0 Å². The van der Waals surface area contributed by atoms with E-state index in [2.05, 4.69) is 256 Å². The number of rotatable bonds is 18. The van der Waals surface area contributed by atoms with Crippen molar-refractivity contribution in [3.8, 4) is 0 Å². The molecule has 0 radical (unpaired) electrons. The number of aliphatic hydroxyl groups is 1. The van der Waals surface area contributed by atoms with Crippen molar-refractivity contribution >= 4 is 45.8 Å². The predicted molar refractivity (Wildman–Crippen MR) is 332 cm³/mol. The fourth-order valence-electron chi connectivity index (χ4n) is 15.0. The van der Waals surface area contributed by atoms with Gasteiger partial charge in [0.15, 0.2) is 8.45 Å². The molecule has 7 unspecified atom stereocenters. The molecule has 4 aromatic rings. The normalized spacial score (nSPS) is 30.0. The van der Waals surface area contributed by atoms with Gasteiger partial charge < -0.3 is 37.5 Å². The van der Waals surface area contributed by atoms with Crippen molar-refractivity contribution in [2.45, 2.75) is 185 Å². The van der Waals surface area contributed by atoms with Crippen LogP contribution < -0.4 is 20.7 Å². The summed E-state index contributed by atoms with van der Waals surface area (Å²) in [6, 6.07) is 45.4. The Hall–Kier alpha value is -3.21. The summed E-state index contributed by atoms with van der Waals surface area (Å²) in [5, 5.41) is 14.5. The zero-order chi connectivity index (χ0) is 58.1. The van der Waals surface area contributed by atoms with E-state index in [0.717, 1.165) is 32.5 Å². The van der Waals surface area contributed by atoms with E-state index in [1.807, 2.05) is 0 Å². The van der Waals surface area contributed by atoms with Crippen molar-refractivity contribution in [1.82, 2.24) is 19.1 Å². The number of aliphatic hydroxyl groups excluding tert-OH is 1. The second-order valence-electron chi connectivity index (χ2n) is 26.7. The maximum atomic E-state index is 9.30. The van der Waals surface area contributed by atoms with Crippen LogP contribution in [0.4, 0.5) is 0 Å². The highest BCUT2D eigenvalue weighted by Gasteiger charge is 2.62. The minimum atomic E-state index is -2.68. The maximum Gasteiger partial charge on any atom is 0.261 e. The maximum absolute atomic E-state index is 9.30. The van der Waals surface area contributed by atoms with Crippen molar-refractivity contribution in [3.63, 3.8) is 0 Å². The number of likely N-dealkylation sites (tertiary alicyclic amines) is 2. The Morgan fingerprint density at radius 3 is 1.38 bits per heavy atom. The number of ether oxygens (including phenoxy) is 3. The number of nitrogens with zero attached hydrogens (tertiary/aromatic N) is 5. The number of hydrogen-bond acceptors (Lipinski definition) is 11. The zero-order valence-electron chi connectivity index (χ0n) is 51.4. The fraction of sp³-hybridized carbons (Fsp3) is 0.615. The standard InChI is InChI=1S/C32H48N3O3PSi.C24H33NO2Si.C9H17NO2/c1-25(2)35(26(3)4)39(36-21-20-33-9)34-23-32(22-30(34)27(5)38-32)24-37-40(31(6,7)8,28-16-12-10-13-17-28)29-18-14-11-15-19-29;1-19-22-16-24(27-19,17-25(22)5)18-26-28(23(2,3)4,20-12-8-6-9-13-20)21-14-10-7-11-15-21;1-6-8-7(2)12-9(6,5-11)4-10(8)3/h10-19,25-27,30H,20-24H2,1-8H3;6-15,19,22H,16-18H2,1-5H3;6-8,11H,4-5H2,1-3H3/t27?,30-,32?,39?;19?,22-,24?;6-,7?,8-,9?/m111/s1. The van der Waals surface area contributed by atoms with Gasteiger partial charge in [-0.3, -0.25) is 9.80 Å². The third-order valence-corrected chi connectivity index (χ3v) is 31.0. The first kappa shape index (κ1) is 62.8. The van der Waals surface area contributed by atoms with Gasteiger partial charge in [0, 0.05) is 55.8 Å². The summed E-state index contributed by atoms with van der Waals surface area (Å²) in [4.78, 5) is 8.30. The number of fused-ring (bicyclic) bond motifs is 6. The van der Waals surface area contributed by atoms with Crippen molar-refractivity contribution in [2.24, 2.45) is 5.92 Å². The summed E-state index contributed by atoms with van der Waals surface area (Å²) in [6.07, 6.45) is 2.64. The van der Waals surface area contributed by atoms with Crippen LogP contribution in [0.3, 0.4) is 0 Å². The van der Waals surface area contributed by atoms with Crippen LogP contribution in [-0.4, -0.2) is 173 Å². The molecule has 0 saturated carbocycles. The monoisotopic (exact) mass is 1150 g/mol. The van der Waals surface area contributed by atoms with E-state index in [1.54, 1.807) is 0 Å². The molecule has 1 N–H and O–H groups in total. The Morgan fingerprint density at radius 1 is 0.625 bits per heavy atom. The van der Waals surface area contributed by atoms with E-state index in [4.69, 9.17) is 34.2 Å². The molecule has 6 saturated heterocycles. The summed E-state index contributed by atoms with van der Waals surface area (Å²) < 4.78 is 45.2. The van der Waals surface area contributed by atoms with Crippen LogP contribution in [0.25, 0.3) is 4.85 Å². The van der Waals surface area contributed by atoms with E-state index in [9.17, 15) is 5.11 Å². The molecule has 6 heterocycles. The Balaban J connectivity index is 0.000000180. The van der Waals surface area contributed by atoms with Gasteiger partial charge in [-0.2, -0.15) is 0 Å². The summed E-state index contributed by atoms with van der Waals surface area (Å²) in [6.45, 7) is 43.7. The van der Waals surface area contributed by atoms with Gasteiger partial charge in [-0.05, 0) is 106 Å². The molecular weight excluding hydrogens is 1050 g/mol. The van der Waals surface area contributed by atoms with Crippen LogP contribution >= 0.6 is 8.45 Å². The molecule has 0 aromatic heterocycles. The average molecular weight is 1150 g/mol. The highest BCUT2D eigenvalue weighted by Crippen LogP contribution is 2.58. The Bertz CT molecular complexity index is 2530. The molecule has 6 aliphatic heterocycles. The van der Waals surface area contributed by atoms with Gasteiger partial charge in [0.2, 0.25) is 6.54 Å². The second kappa shape index (κ2) is 25.2. The van der Waals surface area contributed by atoms with E-state index in [0.29, 0.717) is 56.5 Å². The quantitative estimate of drug-likeness (QED) is 0.0447. The van der Waals surface area contributed by atoms with E-state index < -0.39 is 25.1 Å². The summed E-state index contributed by atoms with van der Waals surface area (Å²) >= 11 is 0. The molecule has 10 rings (SSSR count). The van der Waals surface area contributed by atoms with Gasteiger partial charge in [-0.1, -0.05) is 170 Å². The van der Waals surface area contributed by atoms with Crippen molar-refractivity contribution in [2.75, 3.05) is 66.7 Å². The molecule has 15 heteroatoms. The molecule has 0 spiro atoms. The van der Waals surface area contributed by atoms with Crippen LogP contribution in [0, 0.1) is 12.5 Å². The highest BCUT2D eigenvalue weighted by molar-refractivity contribution is 7.47. The van der Waals surface area contributed by atoms with Gasteiger partial charge in [-0.15, -0.1) is 0 Å². The lowest BCUT2D eigenvalue weighted by Crippen LogP contribution is -2.68. The predicted octanol–water partition coefficient (Wildman–Crippen LogP) is 9.59. The van der Waals surface area contributed by atoms with Crippen molar-refractivity contribution < 1.29 is 32.7 Å². The lowest BCUT2D eigenvalue weighted by Gasteiger charge is -2.47. The van der Waals surface area contributed by atoms with E-state index >= 15 is 0 Å². The summed E-state index contributed by atoms with van der Waals surface area (Å²) in [5.41, 5.74) is -0.828. The van der Waals surface area contributed by atoms with Crippen LogP contribution in [0.1, 0.15) is 110 Å². The average Bonchev–Trinajstić information content (AvgIpc) is 4.36. The van der Waals surface area contributed by atoms with Gasteiger partial charge >= 0.3 is 0 Å². The Kier molecular flexibility index (Phi) is 19.8. The third kappa shape index (κ3) is 12.2. The molecule has 6 fully saturated rings. The Labute approximate surface area is 485 Å². The topological polar surface area (TPSA) is 92.9 Å². The smallest absolute Gasteiger partial charge is 0.261 e. The lowest BCUT2D eigenvalue weighted by atomic mass is 9.91. The lowest BCUT2D eigenvalue weighted by molar-refractivity contribution is -0.111. The van der Waals surface area contributed by atoms with Crippen LogP contribution in [0.15, 0.2) is 121 Å². The molecule has 0 amide bonds. The molecule has 12 nitrogen and oxygen atoms in total. The van der Waals surface area contributed by atoms with Crippen molar-refractivity contribution in [3.05, 3.63) is 133 Å². The minimum absolute atomic E-state index is 0.000471. The SMILES string of the molecule is CC1OC2(CO)CN(C)[C@@H]1[C@H]2C.CC1OC2(CO[Si](c3ccccc3)(c3ccccc3)C(C)(C)C)C[C@H]1N(C)C2.[C-]#[N+]CCOP(N(C(C)C)C(C)C)N1CC2(CO[Si](c3ccccc3)(c3ccccc3)C(C)(C)C)C[C@@H]1C(C)O2. The van der Waals surface area contributed by atoms with Gasteiger partial charge in [-0.25, -0.2) is 15.9 Å². The Morgan fingerprint density at radius 2 is 1.04 bits per heavy atom. The number of hydrogen-bond donors (Lipinski definition) is 1. The molecule has 438 valence electrons. The fourth-order valence-corrected chi connectivity index (χ4v) is 26.8. The van der Waals surface area contributed by atoms with Gasteiger partial charge in [0.05, 0.1) is 38.1 Å². The zero-order valence-corrected chi connectivity index (χ0v) is 54.3. The van der Waals surface area contributed by atoms with E-state index in [1.165, 1.54) is 20.7 Å². The molecule has 11 atom stereocenters. The minimum Gasteiger partial charge on any atom is -0.404 e. The number of benzene rings is 4. The van der Waals surface area contributed by atoms with Crippen LogP contribution in [0.2, 0.25) is 10.1 Å². The largest absolute Gasteiger partial charge is 0.404 e. The third-order valence-electron chi connectivity index (χ3n) is 18.4. The van der Waals surface area contributed by atoms with Crippen LogP contribution in [-0.2, 0) is 27.6 Å². The highest BCUT2D eigenvalue weighted by atomic mass is 31.2. The molecule has 80 heavy (non-hydrogen) atoms. The summed E-state index contributed by atoms with van der Waals surface area (Å²) in [7, 11) is -1.90. The first-order valence-corrected chi connectivity index (χ1v) is 34.7. The molecule has 6 aliphatic rings. The summed E-state index contributed by atoms with van der Waals surface area (Å²) in [5.74, 6) is 0.461. The molecule has 0 aliphatic carbocycles. The second-order valence-corrected chi connectivity index (χ2v) is 37.1. The van der Waals surface area contributed by atoms with Gasteiger partial charge in [0.25, 0.3) is 16.6 Å². The number of morpholine rings is 3. The number of likely N-dealkylation sites (N-methyl/N-ethyl adjacent to an activating group) is 2. The molecule has 6 bridgehead atoms. The molecule has 4 aromatic carbocycles.